The quantitative estimate of drug-likeness (QED) is 0.607. The zero-order chi connectivity index (χ0) is 24.0. The van der Waals surface area contributed by atoms with Gasteiger partial charge in [-0.25, -0.2) is 9.48 Å². The second kappa shape index (κ2) is 10.9. The second-order valence-electron chi connectivity index (χ2n) is 10.2. The van der Waals surface area contributed by atoms with Crippen LogP contribution in [0.1, 0.15) is 77.5 Å². The number of nitrogens with one attached hydrogen (secondary N) is 2. The average Bonchev–Trinajstić information content (AvgIpc) is 3.18. The first kappa shape index (κ1) is 24.8. The molecule has 0 bridgehead atoms. The number of urea groups is 1. The second-order valence-corrected chi connectivity index (χ2v) is 10.2. The summed E-state index contributed by atoms with van der Waals surface area (Å²) in [6.07, 6.45) is 6.36. The molecule has 1 aromatic carbocycles. The summed E-state index contributed by atoms with van der Waals surface area (Å²) >= 11 is 0. The Hall–Kier alpha value is -2.83. The largest absolute Gasteiger partial charge is 0.335 e. The first-order valence-electron chi connectivity index (χ1n) is 12.2. The minimum absolute atomic E-state index is 0.0102. The van der Waals surface area contributed by atoms with Gasteiger partial charge in [0, 0.05) is 24.1 Å². The lowest BCUT2D eigenvalue weighted by molar-refractivity contribution is -0.116. The van der Waals surface area contributed by atoms with E-state index in [1.165, 1.54) is 6.42 Å². The first-order chi connectivity index (χ1) is 15.7. The molecule has 0 aliphatic heterocycles. The van der Waals surface area contributed by atoms with E-state index in [1.807, 2.05) is 44.2 Å². The van der Waals surface area contributed by atoms with Gasteiger partial charge in [0.15, 0.2) is 0 Å². The summed E-state index contributed by atoms with van der Waals surface area (Å²) in [5.41, 5.74) is 2.73. The molecule has 1 aromatic heterocycles. The SMILES string of the molecule is CCCN(CC(=O)Nc1cc(C(C)(C)C)nn1-c1cccc(C)c1)C(=O)NC1CCCCC1. The highest BCUT2D eigenvalue weighted by Crippen LogP contribution is 2.26. The maximum absolute atomic E-state index is 13.0. The molecular weight excluding hydrogens is 414 g/mol. The van der Waals surface area contributed by atoms with Gasteiger partial charge in [-0.2, -0.15) is 5.10 Å². The average molecular weight is 454 g/mol. The molecule has 1 fully saturated rings. The van der Waals surface area contributed by atoms with E-state index in [2.05, 4.69) is 31.4 Å². The number of hydrogen-bond acceptors (Lipinski definition) is 3. The fourth-order valence-corrected chi connectivity index (χ4v) is 4.18. The lowest BCUT2D eigenvalue weighted by Crippen LogP contribution is -2.48. The number of rotatable bonds is 7. The van der Waals surface area contributed by atoms with Crippen molar-refractivity contribution in [2.45, 2.75) is 84.6 Å². The van der Waals surface area contributed by atoms with Crippen LogP contribution >= 0.6 is 0 Å². The topological polar surface area (TPSA) is 79.3 Å². The van der Waals surface area contributed by atoms with Crippen LogP contribution in [0.3, 0.4) is 0 Å². The predicted molar refractivity (Wildman–Crippen MR) is 133 cm³/mol. The van der Waals surface area contributed by atoms with E-state index in [0.29, 0.717) is 12.4 Å². The van der Waals surface area contributed by atoms with Gasteiger partial charge >= 0.3 is 6.03 Å². The molecule has 7 heteroatoms. The summed E-state index contributed by atoms with van der Waals surface area (Å²) in [6.45, 7) is 10.9. The number of carbonyl (C=O) groups is 2. The molecule has 7 nitrogen and oxygen atoms in total. The van der Waals surface area contributed by atoms with E-state index < -0.39 is 0 Å². The van der Waals surface area contributed by atoms with Gasteiger partial charge in [0.2, 0.25) is 5.91 Å². The van der Waals surface area contributed by atoms with Crippen molar-refractivity contribution in [1.82, 2.24) is 20.0 Å². The van der Waals surface area contributed by atoms with Crippen molar-refractivity contribution in [2.75, 3.05) is 18.4 Å². The van der Waals surface area contributed by atoms with Gasteiger partial charge in [0.25, 0.3) is 0 Å². The Morgan fingerprint density at radius 2 is 1.88 bits per heavy atom. The van der Waals surface area contributed by atoms with Gasteiger partial charge in [-0.3, -0.25) is 4.79 Å². The van der Waals surface area contributed by atoms with Crippen LogP contribution in [-0.2, 0) is 10.2 Å². The molecule has 2 N–H and O–H groups in total. The van der Waals surface area contributed by atoms with Crippen molar-refractivity contribution in [2.24, 2.45) is 0 Å². The molecule has 2 aromatic rings. The molecule has 180 valence electrons. The number of hydrogen-bond donors (Lipinski definition) is 2. The standard InChI is InChI=1S/C26H39N5O2/c1-6-15-30(25(33)27-20-12-8-7-9-13-20)18-24(32)28-23-17-22(26(3,4)5)29-31(23)21-14-10-11-19(2)16-21/h10-11,14,16-17,20H,6-9,12-13,15,18H2,1-5H3,(H,27,33)(H,28,32). The highest BCUT2D eigenvalue weighted by atomic mass is 16.2. The Kier molecular flexibility index (Phi) is 8.16. The smallest absolute Gasteiger partial charge is 0.318 e. The summed E-state index contributed by atoms with van der Waals surface area (Å²) in [7, 11) is 0. The van der Waals surface area contributed by atoms with E-state index in [1.54, 1.807) is 9.58 Å². The van der Waals surface area contributed by atoms with Gasteiger partial charge in [-0.05, 0) is 43.9 Å². The molecule has 3 rings (SSSR count). The normalized spacial score (nSPS) is 14.7. The minimum Gasteiger partial charge on any atom is -0.335 e. The summed E-state index contributed by atoms with van der Waals surface area (Å²) in [6, 6.07) is 10.0. The molecule has 1 aliphatic rings. The van der Waals surface area contributed by atoms with Crippen molar-refractivity contribution >= 4 is 17.8 Å². The number of anilines is 1. The van der Waals surface area contributed by atoms with Crippen molar-refractivity contribution in [3.05, 3.63) is 41.6 Å². The van der Waals surface area contributed by atoms with Crippen LogP contribution in [0.25, 0.3) is 5.69 Å². The van der Waals surface area contributed by atoms with Crippen LogP contribution in [0, 0.1) is 6.92 Å². The number of aryl methyl sites for hydroxylation is 1. The van der Waals surface area contributed by atoms with E-state index in [0.717, 1.165) is 49.0 Å². The molecule has 1 aliphatic carbocycles. The Morgan fingerprint density at radius 1 is 1.15 bits per heavy atom. The van der Waals surface area contributed by atoms with Crippen molar-refractivity contribution in [1.29, 1.82) is 0 Å². The van der Waals surface area contributed by atoms with Crippen LogP contribution in [-0.4, -0.2) is 45.8 Å². The molecule has 1 saturated carbocycles. The third-order valence-electron chi connectivity index (χ3n) is 6.04. The van der Waals surface area contributed by atoms with Crippen LogP contribution < -0.4 is 10.6 Å². The summed E-state index contributed by atoms with van der Waals surface area (Å²) in [4.78, 5) is 27.5. The third kappa shape index (κ3) is 6.83. The van der Waals surface area contributed by atoms with Gasteiger partial charge in [-0.1, -0.05) is 59.1 Å². The summed E-state index contributed by atoms with van der Waals surface area (Å²) in [5, 5.41) is 10.9. The molecule has 0 saturated heterocycles. The highest BCUT2D eigenvalue weighted by molar-refractivity contribution is 5.94. The fourth-order valence-electron chi connectivity index (χ4n) is 4.18. The zero-order valence-electron chi connectivity index (χ0n) is 20.8. The molecular formula is C26H39N5O2. The first-order valence-corrected chi connectivity index (χ1v) is 12.2. The number of nitrogens with zero attached hydrogens (tertiary/aromatic N) is 3. The third-order valence-corrected chi connectivity index (χ3v) is 6.04. The van der Waals surface area contributed by atoms with Crippen LogP contribution in [0.5, 0.6) is 0 Å². The number of aromatic nitrogens is 2. The van der Waals surface area contributed by atoms with Gasteiger partial charge in [0.05, 0.1) is 11.4 Å². The lowest BCUT2D eigenvalue weighted by atomic mass is 9.92. The summed E-state index contributed by atoms with van der Waals surface area (Å²) < 4.78 is 1.78. The fraction of sp³-hybridized carbons (Fsp3) is 0.577. The number of amides is 3. The van der Waals surface area contributed by atoms with Crippen molar-refractivity contribution in [3.63, 3.8) is 0 Å². The van der Waals surface area contributed by atoms with E-state index in [4.69, 9.17) is 5.10 Å². The Bertz CT molecular complexity index is 954. The van der Waals surface area contributed by atoms with Crippen LogP contribution in [0.15, 0.2) is 30.3 Å². The minimum atomic E-state index is -0.225. The molecule has 0 spiro atoms. The molecule has 0 unspecified atom stereocenters. The maximum Gasteiger partial charge on any atom is 0.318 e. The van der Waals surface area contributed by atoms with Crippen LogP contribution in [0.2, 0.25) is 0 Å². The molecule has 33 heavy (non-hydrogen) atoms. The molecule has 0 atom stereocenters. The van der Waals surface area contributed by atoms with Gasteiger partial charge in [-0.15, -0.1) is 0 Å². The van der Waals surface area contributed by atoms with Gasteiger partial charge in [0.1, 0.15) is 12.4 Å². The van der Waals surface area contributed by atoms with E-state index in [-0.39, 0.29) is 29.9 Å². The maximum atomic E-state index is 13.0. The Labute approximate surface area is 197 Å². The molecule has 0 radical (unpaired) electrons. The monoisotopic (exact) mass is 453 g/mol. The van der Waals surface area contributed by atoms with Crippen LogP contribution in [0.4, 0.5) is 10.6 Å². The Balaban J connectivity index is 1.75. The number of carbonyl (C=O) groups excluding carboxylic acids is 2. The lowest BCUT2D eigenvalue weighted by Gasteiger charge is -2.28. The van der Waals surface area contributed by atoms with E-state index in [9.17, 15) is 9.59 Å². The van der Waals surface area contributed by atoms with Crippen molar-refractivity contribution in [3.8, 4) is 5.69 Å². The Morgan fingerprint density at radius 3 is 2.52 bits per heavy atom. The summed E-state index contributed by atoms with van der Waals surface area (Å²) in [5.74, 6) is 0.385. The van der Waals surface area contributed by atoms with Crippen molar-refractivity contribution < 1.29 is 9.59 Å². The van der Waals surface area contributed by atoms with Gasteiger partial charge < -0.3 is 15.5 Å². The predicted octanol–water partition coefficient (Wildman–Crippen LogP) is 5.17. The molecule has 3 amide bonds. The van der Waals surface area contributed by atoms with E-state index >= 15 is 0 Å². The number of benzene rings is 1. The zero-order valence-corrected chi connectivity index (χ0v) is 20.8. The molecule has 1 heterocycles. The highest BCUT2D eigenvalue weighted by Gasteiger charge is 2.24.